The van der Waals surface area contributed by atoms with Gasteiger partial charge in [0.05, 0.1) is 5.69 Å². The number of aromatic nitrogens is 1. The Hall–Kier alpha value is -1.45. The van der Waals surface area contributed by atoms with Gasteiger partial charge in [-0.1, -0.05) is 6.07 Å². The number of anilines is 1. The van der Waals surface area contributed by atoms with Crippen LogP contribution in [0.2, 0.25) is 0 Å². The largest absolute Gasteiger partial charge is 0.478 e. The molecular formula is C9H8N2O4S3. The minimum Gasteiger partial charge on any atom is -0.478 e. The lowest BCUT2D eigenvalue weighted by atomic mass is 10.2. The first kappa shape index (κ1) is 13.0. The average molecular weight is 304 g/mol. The Labute approximate surface area is 111 Å². The number of carboxylic acids is 1. The number of hydrogen-bond donors (Lipinski definition) is 2. The van der Waals surface area contributed by atoms with Gasteiger partial charge in [-0.3, -0.25) is 4.72 Å². The summed E-state index contributed by atoms with van der Waals surface area (Å²) in [6.07, 6.45) is 0. The van der Waals surface area contributed by atoms with Gasteiger partial charge in [-0.05, 0) is 29.9 Å². The number of thiophene rings is 1. The maximum absolute atomic E-state index is 11.9. The van der Waals surface area contributed by atoms with Crippen LogP contribution in [0.5, 0.6) is 0 Å². The first-order valence-electron chi connectivity index (χ1n) is 4.67. The summed E-state index contributed by atoms with van der Waals surface area (Å²) in [7, 11) is -3.74. The molecule has 0 aliphatic carbocycles. The minimum atomic E-state index is -3.74. The highest BCUT2D eigenvalue weighted by atomic mass is 32.2. The molecule has 2 aromatic heterocycles. The summed E-state index contributed by atoms with van der Waals surface area (Å²) >= 11 is 1.87. The molecule has 0 bridgehead atoms. The summed E-state index contributed by atoms with van der Waals surface area (Å²) in [5.41, 5.74) is 0.177. The fraction of sp³-hybridized carbons (Fsp3) is 0.111. The molecule has 18 heavy (non-hydrogen) atoms. The van der Waals surface area contributed by atoms with Crippen LogP contribution >= 0.6 is 22.9 Å². The van der Waals surface area contributed by atoms with E-state index in [1.807, 2.05) is 0 Å². The van der Waals surface area contributed by atoms with Crippen molar-refractivity contribution in [3.05, 3.63) is 28.8 Å². The summed E-state index contributed by atoms with van der Waals surface area (Å²) < 4.78 is 30.1. The van der Waals surface area contributed by atoms with E-state index in [4.69, 9.17) is 5.11 Å². The number of nitrogens with zero attached hydrogens (tertiary/aromatic N) is 1. The molecule has 0 radical (unpaired) electrons. The number of nitrogens with one attached hydrogen (secondary N) is 1. The van der Waals surface area contributed by atoms with E-state index < -0.39 is 16.0 Å². The predicted octanol–water partition coefficient (Wildman–Crippen LogP) is 2.01. The van der Waals surface area contributed by atoms with Gasteiger partial charge < -0.3 is 5.11 Å². The van der Waals surface area contributed by atoms with Crippen LogP contribution in [0.15, 0.2) is 21.7 Å². The van der Waals surface area contributed by atoms with Crippen molar-refractivity contribution in [1.82, 2.24) is 4.37 Å². The quantitative estimate of drug-likeness (QED) is 0.900. The maximum atomic E-state index is 11.9. The lowest BCUT2D eigenvalue weighted by Gasteiger charge is -2.04. The fourth-order valence-electron chi connectivity index (χ4n) is 1.28. The summed E-state index contributed by atoms with van der Waals surface area (Å²) in [5.74, 6) is -1.20. The molecule has 2 N–H and O–H groups in total. The van der Waals surface area contributed by atoms with Gasteiger partial charge in [0.15, 0.2) is 0 Å². The molecule has 0 aliphatic heterocycles. The standard InChI is InChI=1S/C9H8N2O4S3/c1-5-7(9(12)13)8(17-10-5)11-18(14,15)6-3-2-4-16-6/h2-4,11H,1H3,(H,12,13). The third-order valence-electron chi connectivity index (χ3n) is 2.06. The van der Waals surface area contributed by atoms with Crippen LogP contribution < -0.4 is 4.72 Å². The zero-order valence-corrected chi connectivity index (χ0v) is 11.5. The average Bonchev–Trinajstić information content (AvgIpc) is 2.87. The molecule has 9 heteroatoms. The van der Waals surface area contributed by atoms with E-state index in [0.29, 0.717) is 0 Å². The monoisotopic (exact) mass is 304 g/mol. The highest BCUT2D eigenvalue weighted by molar-refractivity contribution is 7.94. The van der Waals surface area contributed by atoms with Gasteiger partial charge in [0.1, 0.15) is 14.8 Å². The van der Waals surface area contributed by atoms with Gasteiger partial charge >= 0.3 is 5.97 Å². The van der Waals surface area contributed by atoms with Crippen molar-refractivity contribution < 1.29 is 18.3 Å². The summed E-state index contributed by atoms with van der Waals surface area (Å²) in [6, 6.07) is 3.05. The molecule has 0 fully saturated rings. The smallest absolute Gasteiger partial charge is 0.340 e. The summed E-state index contributed by atoms with van der Waals surface area (Å²) in [5, 5.41) is 10.6. The van der Waals surface area contributed by atoms with Crippen LogP contribution in [0.1, 0.15) is 16.1 Å². The van der Waals surface area contributed by atoms with Crippen LogP contribution in [0.4, 0.5) is 5.00 Å². The molecule has 2 aromatic rings. The number of carboxylic acid groups (broad SMARTS) is 1. The zero-order valence-electron chi connectivity index (χ0n) is 9.08. The summed E-state index contributed by atoms with van der Waals surface area (Å²) in [4.78, 5) is 11.0. The van der Waals surface area contributed by atoms with E-state index in [1.165, 1.54) is 13.0 Å². The lowest BCUT2D eigenvalue weighted by molar-refractivity contribution is 0.0697. The number of rotatable bonds is 4. The third-order valence-corrected chi connectivity index (χ3v) is 5.79. The number of hydrogen-bond acceptors (Lipinski definition) is 6. The van der Waals surface area contributed by atoms with Crippen LogP contribution in [-0.4, -0.2) is 23.9 Å². The van der Waals surface area contributed by atoms with Crippen molar-refractivity contribution >= 4 is 43.9 Å². The first-order chi connectivity index (χ1) is 8.42. The SMILES string of the molecule is Cc1nsc(NS(=O)(=O)c2cccs2)c1C(=O)O. The first-order valence-corrected chi connectivity index (χ1v) is 7.81. The van der Waals surface area contributed by atoms with Gasteiger partial charge in [-0.15, -0.1) is 11.3 Å². The van der Waals surface area contributed by atoms with E-state index in [2.05, 4.69) is 9.10 Å². The Bertz CT molecular complexity index is 673. The van der Waals surface area contributed by atoms with E-state index in [-0.39, 0.29) is 20.5 Å². The molecule has 0 spiro atoms. The van der Waals surface area contributed by atoms with Crippen LogP contribution in [0, 0.1) is 6.92 Å². The summed E-state index contributed by atoms with van der Waals surface area (Å²) in [6.45, 7) is 1.52. The second kappa shape index (κ2) is 4.67. The molecule has 0 atom stereocenters. The molecule has 2 heterocycles. The van der Waals surface area contributed by atoms with Gasteiger partial charge in [-0.25, -0.2) is 13.2 Å². The topological polar surface area (TPSA) is 96.4 Å². The van der Waals surface area contributed by atoms with Crippen LogP contribution in [0.3, 0.4) is 0 Å². The highest BCUT2D eigenvalue weighted by Gasteiger charge is 2.23. The molecule has 2 rings (SSSR count). The molecule has 0 aliphatic rings. The third kappa shape index (κ3) is 2.37. The molecule has 0 aromatic carbocycles. The van der Waals surface area contributed by atoms with Gasteiger partial charge in [-0.2, -0.15) is 4.37 Å². The highest BCUT2D eigenvalue weighted by Crippen LogP contribution is 2.28. The Morgan fingerprint density at radius 2 is 2.22 bits per heavy atom. The van der Waals surface area contributed by atoms with Crippen molar-refractivity contribution in [2.45, 2.75) is 11.1 Å². The maximum Gasteiger partial charge on any atom is 0.340 e. The Kier molecular flexibility index (Phi) is 3.37. The van der Waals surface area contributed by atoms with Crippen molar-refractivity contribution in [2.75, 3.05) is 4.72 Å². The van der Waals surface area contributed by atoms with Crippen molar-refractivity contribution in [3.8, 4) is 0 Å². The van der Waals surface area contributed by atoms with E-state index in [9.17, 15) is 13.2 Å². The number of aromatic carboxylic acids is 1. The Morgan fingerprint density at radius 1 is 1.50 bits per heavy atom. The van der Waals surface area contributed by atoms with E-state index >= 15 is 0 Å². The van der Waals surface area contributed by atoms with Crippen molar-refractivity contribution in [1.29, 1.82) is 0 Å². The number of aryl methyl sites for hydroxylation is 1. The predicted molar refractivity (Wildman–Crippen MR) is 68.9 cm³/mol. The van der Waals surface area contributed by atoms with Crippen LogP contribution in [0.25, 0.3) is 0 Å². The van der Waals surface area contributed by atoms with Gasteiger partial charge in [0.25, 0.3) is 10.0 Å². The molecule has 0 amide bonds. The number of sulfonamides is 1. The van der Waals surface area contributed by atoms with Crippen molar-refractivity contribution in [3.63, 3.8) is 0 Å². The molecule has 0 saturated heterocycles. The van der Waals surface area contributed by atoms with Gasteiger partial charge in [0.2, 0.25) is 0 Å². The lowest BCUT2D eigenvalue weighted by Crippen LogP contribution is -2.13. The molecule has 0 saturated carbocycles. The molecular weight excluding hydrogens is 296 g/mol. The second-order valence-electron chi connectivity index (χ2n) is 3.31. The van der Waals surface area contributed by atoms with Crippen molar-refractivity contribution in [2.24, 2.45) is 0 Å². The number of carbonyl (C=O) groups is 1. The van der Waals surface area contributed by atoms with Gasteiger partial charge in [0, 0.05) is 0 Å². The minimum absolute atomic E-state index is 0.0217. The second-order valence-corrected chi connectivity index (χ2v) is 6.95. The van der Waals surface area contributed by atoms with E-state index in [0.717, 1.165) is 22.9 Å². The fourth-order valence-corrected chi connectivity index (χ4v) is 4.36. The zero-order chi connectivity index (χ0) is 13.3. The van der Waals surface area contributed by atoms with E-state index in [1.54, 1.807) is 11.4 Å². The normalized spacial score (nSPS) is 11.4. The Balaban J connectivity index is 2.39. The molecule has 6 nitrogen and oxygen atoms in total. The Morgan fingerprint density at radius 3 is 2.78 bits per heavy atom. The van der Waals surface area contributed by atoms with Crippen LogP contribution in [-0.2, 0) is 10.0 Å². The molecule has 96 valence electrons. The molecule has 0 unspecified atom stereocenters.